The Labute approximate surface area is 168 Å². The van der Waals surface area contributed by atoms with Crippen LogP contribution in [-0.4, -0.2) is 17.0 Å². The molecule has 3 fully saturated rings. The molecule has 0 N–H and O–H groups in total. The van der Waals surface area contributed by atoms with E-state index in [1.54, 1.807) is 0 Å². The summed E-state index contributed by atoms with van der Waals surface area (Å²) in [5, 5.41) is 0. The van der Waals surface area contributed by atoms with Gasteiger partial charge in [-0.15, -0.1) is 0 Å². The molecule has 0 nitrogen and oxygen atoms in total. The Hall–Kier alpha value is 0.200. The van der Waals surface area contributed by atoms with Gasteiger partial charge in [0.25, 0.3) is 0 Å². The molecule has 0 unspecified atom stereocenters. The van der Waals surface area contributed by atoms with Crippen LogP contribution in [0.5, 0.6) is 0 Å². The van der Waals surface area contributed by atoms with Crippen LogP contribution in [0.15, 0.2) is 22.5 Å². The Balaban J connectivity index is 2.04. The molecule has 0 spiro atoms. The average molecular weight is 397 g/mol. The Morgan fingerprint density at radius 3 is 1.27 bits per heavy atom. The van der Waals surface area contributed by atoms with Crippen LogP contribution in [0.1, 0.15) is 110 Å². The van der Waals surface area contributed by atoms with Gasteiger partial charge in [-0.1, -0.05) is 0 Å². The van der Waals surface area contributed by atoms with Crippen molar-refractivity contribution in [1.29, 1.82) is 0 Å². The molecular weight excluding hydrogens is 355 g/mol. The van der Waals surface area contributed by atoms with Gasteiger partial charge in [0.15, 0.2) is 0 Å². The van der Waals surface area contributed by atoms with E-state index in [0.717, 1.165) is 17.0 Å². The Morgan fingerprint density at radius 2 is 0.962 bits per heavy atom. The summed E-state index contributed by atoms with van der Waals surface area (Å²) in [6, 6.07) is 0. The van der Waals surface area contributed by atoms with Crippen molar-refractivity contribution >= 4 is 18.9 Å². The molecule has 0 aromatic heterocycles. The third kappa shape index (κ3) is 4.60. The summed E-state index contributed by atoms with van der Waals surface area (Å²) in [6.45, 7) is 4.43. The SMILES string of the molecule is CC(C)=C/C=C(/Cl)[PH](C1CCCCC1)(C1CCCCC1)C1CCCCC1. The van der Waals surface area contributed by atoms with Gasteiger partial charge >= 0.3 is 168 Å². The third-order valence-corrected chi connectivity index (χ3v) is 15.7. The minimum absolute atomic E-state index is 0.969. The van der Waals surface area contributed by atoms with E-state index >= 15 is 0 Å². The summed E-state index contributed by atoms with van der Waals surface area (Å²) in [5.74, 6) is 0. The van der Waals surface area contributed by atoms with Gasteiger partial charge in [-0.25, -0.2) is 0 Å². The quantitative estimate of drug-likeness (QED) is 0.321. The number of halogens is 1. The summed E-state index contributed by atoms with van der Waals surface area (Å²) in [5.41, 5.74) is 4.30. The van der Waals surface area contributed by atoms with Gasteiger partial charge in [-0.2, -0.15) is 0 Å². The van der Waals surface area contributed by atoms with Crippen molar-refractivity contribution in [2.45, 2.75) is 127 Å². The van der Waals surface area contributed by atoms with Crippen molar-refractivity contribution in [2.75, 3.05) is 0 Å². The summed E-state index contributed by atoms with van der Waals surface area (Å²) >= 11 is 7.43. The summed E-state index contributed by atoms with van der Waals surface area (Å²) in [7, 11) is -1.68. The number of hydrogen-bond acceptors (Lipinski definition) is 0. The second-order valence-corrected chi connectivity index (χ2v) is 15.3. The van der Waals surface area contributed by atoms with E-state index in [0.29, 0.717) is 0 Å². The van der Waals surface area contributed by atoms with Gasteiger partial charge in [0.05, 0.1) is 0 Å². The molecule has 0 aliphatic heterocycles. The number of hydrogen-bond donors (Lipinski definition) is 0. The second kappa shape index (κ2) is 10.1. The molecule has 0 bridgehead atoms. The monoisotopic (exact) mass is 396 g/mol. The molecule has 0 aromatic rings. The van der Waals surface area contributed by atoms with E-state index in [4.69, 9.17) is 11.6 Å². The minimum atomic E-state index is -1.68. The second-order valence-electron chi connectivity index (χ2n) is 9.70. The first kappa shape index (κ1) is 20.9. The first-order valence-electron chi connectivity index (χ1n) is 11.7. The van der Waals surface area contributed by atoms with Crippen LogP contribution in [-0.2, 0) is 0 Å². The molecule has 0 atom stereocenters. The molecule has 3 saturated carbocycles. The molecule has 3 rings (SSSR count). The van der Waals surface area contributed by atoms with Crippen molar-refractivity contribution in [3.05, 3.63) is 22.5 Å². The topological polar surface area (TPSA) is 0 Å². The molecule has 0 amide bonds. The van der Waals surface area contributed by atoms with Gasteiger partial charge in [0, 0.05) is 0 Å². The van der Waals surface area contributed by atoms with Gasteiger partial charge < -0.3 is 0 Å². The van der Waals surface area contributed by atoms with Crippen molar-refractivity contribution < 1.29 is 0 Å². The maximum absolute atomic E-state index is 7.43. The Morgan fingerprint density at radius 1 is 0.615 bits per heavy atom. The van der Waals surface area contributed by atoms with E-state index in [9.17, 15) is 0 Å². The van der Waals surface area contributed by atoms with Crippen LogP contribution < -0.4 is 0 Å². The van der Waals surface area contributed by atoms with Gasteiger partial charge in [-0.3, -0.25) is 0 Å². The number of rotatable bonds is 5. The Kier molecular flexibility index (Phi) is 8.14. The fraction of sp³-hybridized carbons (Fsp3) is 0.833. The molecule has 26 heavy (non-hydrogen) atoms. The zero-order chi connectivity index (χ0) is 18.4. The molecule has 2 heteroatoms. The van der Waals surface area contributed by atoms with E-state index < -0.39 is 7.26 Å². The van der Waals surface area contributed by atoms with Crippen LogP contribution in [0.4, 0.5) is 0 Å². The standard InChI is InChI=1S/C24H42ClP/c1-20(2)18-19-24(25)26(21-12-6-3-7-13-21,22-14-8-4-9-15-22)23-16-10-5-11-17-23/h18-19,21-23,26H,3-17H2,1-2H3/b24-19-. The van der Waals surface area contributed by atoms with E-state index in [2.05, 4.69) is 26.0 Å². The van der Waals surface area contributed by atoms with Crippen molar-refractivity contribution in [3.63, 3.8) is 0 Å². The predicted molar refractivity (Wildman–Crippen MR) is 122 cm³/mol. The van der Waals surface area contributed by atoms with E-state index in [1.807, 2.05) is 0 Å². The van der Waals surface area contributed by atoms with Crippen LogP contribution in [0.25, 0.3) is 0 Å². The van der Waals surface area contributed by atoms with Gasteiger partial charge in [0.2, 0.25) is 0 Å². The van der Waals surface area contributed by atoms with Crippen LogP contribution in [0.2, 0.25) is 0 Å². The van der Waals surface area contributed by atoms with E-state index in [1.165, 1.54) is 107 Å². The third-order valence-electron chi connectivity index (χ3n) is 7.82. The Bertz CT molecular complexity index is 439. The molecule has 0 aromatic carbocycles. The van der Waals surface area contributed by atoms with E-state index in [-0.39, 0.29) is 0 Å². The zero-order valence-corrected chi connectivity index (χ0v) is 19.1. The van der Waals surface area contributed by atoms with Crippen molar-refractivity contribution in [3.8, 4) is 0 Å². The summed E-state index contributed by atoms with van der Waals surface area (Å²) < 4.78 is 1.38. The van der Waals surface area contributed by atoms with Crippen LogP contribution >= 0.6 is 18.9 Å². The molecule has 0 saturated heterocycles. The van der Waals surface area contributed by atoms with Crippen LogP contribution in [0, 0.1) is 0 Å². The van der Waals surface area contributed by atoms with Crippen molar-refractivity contribution in [2.24, 2.45) is 0 Å². The molecule has 150 valence electrons. The fourth-order valence-corrected chi connectivity index (χ4v) is 15.8. The maximum atomic E-state index is 7.43. The molecule has 3 aliphatic rings. The number of allylic oxidation sites excluding steroid dienone is 3. The fourth-order valence-electron chi connectivity index (χ4n) is 6.71. The van der Waals surface area contributed by atoms with Gasteiger partial charge in [-0.05, 0) is 0 Å². The van der Waals surface area contributed by atoms with Crippen molar-refractivity contribution in [1.82, 2.24) is 0 Å². The molecule has 3 aliphatic carbocycles. The molecular formula is C24H42ClP. The molecule has 0 radical (unpaired) electrons. The average Bonchev–Trinajstić information content (AvgIpc) is 2.69. The first-order valence-corrected chi connectivity index (χ1v) is 14.3. The normalized spacial score (nSPS) is 25.9. The summed E-state index contributed by atoms with van der Waals surface area (Å²) in [6.07, 6.45) is 26.8. The summed E-state index contributed by atoms with van der Waals surface area (Å²) in [4.78, 5) is 0. The van der Waals surface area contributed by atoms with Crippen LogP contribution in [0.3, 0.4) is 0 Å². The zero-order valence-electron chi connectivity index (χ0n) is 17.4. The predicted octanol–water partition coefficient (Wildman–Crippen LogP) is 8.78. The van der Waals surface area contributed by atoms with Gasteiger partial charge in [0.1, 0.15) is 0 Å². The molecule has 0 heterocycles. The first-order chi connectivity index (χ1) is 12.7.